The third-order valence-electron chi connectivity index (χ3n) is 7.43. The highest BCUT2D eigenvalue weighted by Crippen LogP contribution is 2.31. The number of carbonyl (C=O) groups is 2. The van der Waals surface area contributed by atoms with Gasteiger partial charge in [-0.25, -0.2) is 0 Å². The summed E-state index contributed by atoms with van der Waals surface area (Å²) in [6.45, 7) is 7.28. The number of hydrogen-bond acceptors (Lipinski definition) is 5. The first-order chi connectivity index (χ1) is 16.0. The number of ether oxygens (including phenoxy) is 3. The molecule has 2 aliphatic carbocycles. The zero-order chi connectivity index (χ0) is 23.9. The minimum absolute atomic E-state index is 0.000329. The number of esters is 2. The zero-order valence-corrected chi connectivity index (χ0v) is 21.7. The number of carbonyl (C=O) groups excluding carboxylic acids is 2. The van der Waals surface area contributed by atoms with Crippen molar-refractivity contribution < 1.29 is 23.8 Å². The number of hydrogen-bond donors (Lipinski definition) is 0. The van der Waals surface area contributed by atoms with Gasteiger partial charge in [0.1, 0.15) is 6.10 Å². The van der Waals surface area contributed by atoms with Crippen LogP contribution in [-0.2, 0) is 23.8 Å². The molecule has 2 saturated carbocycles. The highest BCUT2D eigenvalue weighted by atomic mass is 16.5. The van der Waals surface area contributed by atoms with Gasteiger partial charge in [-0.2, -0.15) is 0 Å². The van der Waals surface area contributed by atoms with Crippen LogP contribution in [0.25, 0.3) is 0 Å². The van der Waals surface area contributed by atoms with Gasteiger partial charge in [-0.15, -0.1) is 0 Å². The van der Waals surface area contributed by atoms with Crippen LogP contribution in [0.1, 0.15) is 130 Å². The van der Waals surface area contributed by atoms with E-state index in [1.807, 2.05) is 6.92 Å². The van der Waals surface area contributed by atoms with Crippen LogP contribution >= 0.6 is 0 Å². The fourth-order valence-corrected chi connectivity index (χ4v) is 5.13. The number of unbranched alkanes of at least 4 members (excludes halogenated alkanes) is 6. The van der Waals surface area contributed by atoms with Gasteiger partial charge in [-0.1, -0.05) is 52.4 Å². The van der Waals surface area contributed by atoms with Gasteiger partial charge in [0.25, 0.3) is 0 Å². The topological polar surface area (TPSA) is 61.8 Å². The molecule has 2 aliphatic rings. The van der Waals surface area contributed by atoms with E-state index in [-0.39, 0.29) is 36.0 Å². The average Bonchev–Trinajstić information content (AvgIpc) is 2.82. The third kappa shape index (κ3) is 11.2. The van der Waals surface area contributed by atoms with Crippen LogP contribution in [0, 0.1) is 11.8 Å². The quantitative estimate of drug-likeness (QED) is 0.189. The fraction of sp³-hybridized carbons (Fsp3) is 0.929. The van der Waals surface area contributed by atoms with Crippen LogP contribution in [-0.4, -0.2) is 36.9 Å². The standard InChI is InChI=1S/C28H50O5/c1-4-6-8-10-12-22(3)32-27(29)23-15-19-26(20-16-23)33-28(30)24-13-17-25(18-14-24)31-21-11-9-7-5-2/h22-26H,4-21H2,1-3H3. The third-order valence-corrected chi connectivity index (χ3v) is 7.43. The molecule has 0 aromatic heterocycles. The van der Waals surface area contributed by atoms with E-state index in [2.05, 4.69) is 13.8 Å². The molecule has 2 rings (SSSR count). The van der Waals surface area contributed by atoms with E-state index in [1.54, 1.807) is 0 Å². The fourth-order valence-electron chi connectivity index (χ4n) is 5.13. The van der Waals surface area contributed by atoms with Gasteiger partial charge in [-0.3, -0.25) is 9.59 Å². The molecule has 0 radical (unpaired) electrons. The van der Waals surface area contributed by atoms with Crippen LogP contribution in [0.2, 0.25) is 0 Å². The van der Waals surface area contributed by atoms with Crippen LogP contribution in [0.4, 0.5) is 0 Å². The van der Waals surface area contributed by atoms with Crippen molar-refractivity contribution in [2.24, 2.45) is 11.8 Å². The molecular formula is C28H50O5. The first-order valence-electron chi connectivity index (χ1n) is 14.1. The van der Waals surface area contributed by atoms with Gasteiger partial charge in [-0.05, 0) is 77.6 Å². The molecule has 1 unspecified atom stereocenters. The summed E-state index contributed by atoms with van der Waals surface area (Å²) in [5.74, 6) is -0.122. The van der Waals surface area contributed by atoms with Gasteiger partial charge in [0.2, 0.25) is 0 Å². The van der Waals surface area contributed by atoms with Crippen molar-refractivity contribution in [1.82, 2.24) is 0 Å². The Morgan fingerprint density at radius 3 is 1.85 bits per heavy atom. The minimum Gasteiger partial charge on any atom is -0.462 e. The SMILES string of the molecule is CCCCCCOC1CCC(C(=O)OC2CCC(C(=O)OC(C)CCCCCC)CC2)CC1. The second-order valence-corrected chi connectivity index (χ2v) is 10.4. The Hall–Kier alpha value is -1.10. The van der Waals surface area contributed by atoms with Crippen LogP contribution in [0.15, 0.2) is 0 Å². The normalized spacial score (nSPS) is 26.5. The van der Waals surface area contributed by atoms with E-state index in [0.717, 1.165) is 77.2 Å². The van der Waals surface area contributed by atoms with Crippen molar-refractivity contribution in [1.29, 1.82) is 0 Å². The van der Waals surface area contributed by atoms with Crippen molar-refractivity contribution in [2.75, 3.05) is 6.61 Å². The van der Waals surface area contributed by atoms with Crippen LogP contribution < -0.4 is 0 Å². The summed E-state index contributed by atoms with van der Waals surface area (Å²) < 4.78 is 17.5. The Balaban J connectivity index is 1.57. The number of rotatable bonds is 15. The molecule has 2 fully saturated rings. The Bertz CT molecular complexity index is 532. The molecule has 5 heteroatoms. The van der Waals surface area contributed by atoms with Gasteiger partial charge >= 0.3 is 11.9 Å². The highest BCUT2D eigenvalue weighted by molar-refractivity contribution is 5.73. The van der Waals surface area contributed by atoms with Crippen molar-refractivity contribution in [2.45, 2.75) is 148 Å². The second-order valence-electron chi connectivity index (χ2n) is 10.4. The molecule has 192 valence electrons. The predicted molar refractivity (Wildman–Crippen MR) is 132 cm³/mol. The maximum absolute atomic E-state index is 12.7. The first kappa shape index (κ1) is 28.1. The van der Waals surface area contributed by atoms with Gasteiger partial charge < -0.3 is 14.2 Å². The Morgan fingerprint density at radius 2 is 1.24 bits per heavy atom. The summed E-state index contributed by atoms with van der Waals surface area (Å²) in [7, 11) is 0. The van der Waals surface area contributed by atoms with Crippen LogP contribution in [0.5, 0.6) is 0 Å². The summed E-state index contributed by atoms with van der Waals surface area (Å²) in [6, 6.07) is 0. The summed E-state index contributed by atoms with van der Waals surface area (Å²) in [5, 5.41) is 0. The maximum atomic E-state index is 12.7. The van der Waals surface area contributed by atoms with E-state index in [1.165, 1.54) is 38.5 Å². The molecule has 0 aromatic rings. The van der Waals surface area contributed by atoms with Crippen molar-refractivity contribution in [3.05, 3.63) is 0 Å². The Labute approximate surface area is 202 Å². The summed E-state index contributed by atoms with van der Waals surface area (Å²) in [6.07, 6.45) is 17.7. The smallest absolute Gasteiger partial charge is 0.309 e. The average molecular weight is 467 g/mol. The summed E-state index contributed by atoms with van der Waals surface area (Å²) >= 11 is 0. The predicted octanol–water partition coefficient (Wildman–Crippen LogP) is 7.15. The molecule has 5 nitrogen and oxygen atoms in total. The molecule has 0 aromatic carbocycles. The Morgan fingerprint density at radius 1 is 0.697 bits per heavy atom. The lowest BCUT2D eigenvalue weighted by Crippen LogP contribution is -2.33. The van der Waals surface area contributed by atoms with Crippen LogP contribution in [0.3, 0.4) is 0 Å². The largest absolute Gasteiger partial charge is 0.462 e. The molecule has 0 bridgehead atoms. The van der Waals surface area contributed by atoms with E-state index in [4.69, 9.17) is 14.2 Å². The minimum atomic E-state index is -0.0595. The van der Waals surface area contributed by atoms with Gasteiger partial charge in [0.05, 0.1) is 24.0 Å². The molecule has 0 spiro atoms. The van der Waals surface area contributed by atoms with Gasteiger partial charge in [0.15, 0.2) is 0 Å². The molecule has 0 heterocycles. The molecule has 0 N–H and O–H groups in total. The lowest BCUT2D eigenvalue weighted by atomic mass is 9.86. The molecule has 0 amide bonds. The van der Waals surface area contributed by atoms with E-state index in [0.29, 0.717) is 6.10 Å². The zero-order valence-electron chi connectivity index (χ0n) is 21.7. The first-order valence-corrected chi connectivity index (χ1v) is 14.1. The van der Waals surface area contributed by atoms with E-state index >= 15 is 0 Å². The summed E-state index contributed by atoms with van der Waals surface area (Å²) in [5.41, 5.74) is 0. The maximum Gasteiger partial charge on any atom is 0.309 e. The lowest BCUT2D eigenvalue weighted by Gasteiger charge is -2.31. The molecular weight excluding hydrogens is 416 g/mol. The molecule has 0 aliphatic heterocycles. The second kappa shape index (κ2) is 16.5. The lowest BCUT2D eigenvalue weighted by molar-refractivity contribution is -0.161. The van der Waals surface area contributed by atoms with Crippen molar-refractivity contribution >= 4 is 11.9 Å². The molecule has 33 heavy (non-hydrogen) atoms. The molecule has 1 atom stereocenters. The molecule has 0 saturated heterocycles. The van der Waals surface area contributed by atoms with E-state index < -0.39 is 0 Å². The van der Waals surface area contributed by atoms with Gasteiger partial charge in [0, 0.05) is 6.61 Å². The Kier molecular flexibility index (Phi) is 14.1. The van der Waals surface area contributed by atoms with E-state index in [9.17, 15) is 9.59 Å². The van der Waals surface area contributed by atoms with Crippen molar-refractivity contribution in [3.63, 3.8) is 0 Å². The monoisotopic (exact) mass is 466 g/mol. The van der Waals surface area contributed by atoms with Crippen molar-refractivity contribution in [3.8, 4) is 0 Å². The highest BCUT2D eigenvalue weighted by Gasteiger charge is 2.33. The summed E-state index contributed by atoms with van der Waals surface area (Å²) in [4.78, 5) is 25.1.